The summed E-state index contributed by atoms with van der Waals surface area (Å²) >= 11 is 11.0. The van der Waals surface area contributed by atoms with Crippen molar-refractivity contribution in [2.75, 3.05) is 0 Å². The van der Waals surface area contributed by atoms with E-state index >= 15 is 0 Å². The number of nitrogens with zero attached hydrogens (tertiary/aromatic N) is 1. The lowest BCUT2D eigenvalue weighted by Crippen LogP contribution is -1.86. The first-order valence-corrected chi connectivity index (χ1v) is 4.85. The molecule has 0 N–H and O–H groups in total. The Kier molecular flexibility index (Phi) is 2.75. The van der Waals surface area contributed by atoms with Gasteiger partial charge >= 0.3 is 5.24 Å². The van der Waals surface area contributed by atoms with Crippen LogP contribution in [0.15, 0.2) is 34.7 Å². The summed E-state index contributed by atoms with van der Waals surface area (Å²) in [5.74, 6) is 0.154. The Hall–Kier alpha value is -1.32. The summed E-state index contributed by atoms with van der Waals surface area (Å²) in [5, 5.41) is -0.635. The molecule has 1 aromatic heterocycles. The minimum absolute atomic E-state index is 0.130. The van der Waals surface area contributed by atoms with Crippen LogP contribution in [-0.2, 0) is 0 Å². The second-order valence-corrected chi connectivity index (χ2v) is 3.48. The number of hydrogen-bond acceptors (Lipinski definition) is 3. The van der Waals surface area contributed by atoms with Crippen LogP contribution in [0.1, 0.15) is 10.7 Å². The molecule has 0 radical (unpaired) electrons. The fourth-order valence-electron chi connectivity index (χ4n) is 1.15. The highest BCUT2D eigenvalue weighted by Gasteiger charge is 2.16. The molecule has 1 aromatic carbocycles. The highest BCUT2D eigenvalue weighted by molar-refractivity contribution is 6.67. The molecule has 15 heavy (non-hydrogen) atoms. The third kappa shape index (κ3) is 2.03. The van der Waals surface area contributed by atoms with Gasteiger partial charge in [0.05, 0.1) is 0 Å². The van der Waals surface area contributed by atoms with Crippen LogP contribution in [-0.4, -0.2) is 10.2 Å². The van der Waals surface area contributed by atoms with Gasteiger partial charge in [-0.2, -0.15) is 4.98 Å². The number of oxazole rings is 1. The van der Waals surface area contributed by atoms with Gasteiger partial charge in [0.2, 0.25) is 0 Å². The lowest BCUT2D eigenvalue weighted by molar-refractivity contribution is 0.105. The highest BCUT2D eigenvalue weighted by atomic mass is 35.5. The van der Waals surface area contributed by atoms with Gasteiger partial charge in [0.25, 0.3) is 5.89 Å². The molecular formula is C10H5Cl2NO2. The van der Waals surface area contributed by atoms with E-state index in [0.29, 0.717) is 5.76 Å². The van der Waals surface area contributed by atoms with Crippen LogP contribution in [0.4, 0.5) is 0 Å². The van der Waals surface area contributed by atoms with E-state index < -0.39 is 5.24 Å². The summed E-state index contributed by atoms with van der Waals surface area (Å²) in [7, 11) is 0. The van der Waals surface area contributed by atoms with Gasteiger partial charge in [-0.05, 0) is 11.6 Å². The maximum absolute atomic E-state index is 10.8. The number of carbonyl (C=O) groups is 1. The first kappa shape index (κ1) is 10.2. The van der Waals surface area contributed by atoms with Crippen LogP contribution in [0.5, 0.6) is 0 Å². The van der Waals surface area contributed by atoms with Gasteiger partial charge in [0.1, 0.15) is 0 Å². The minimum Gasteiger partial charge on any atom is -0.431 e. The Labute approximate surface area is 95.6 Å². The Morgan fingerprint density at radius 1 is 1.27 bits per heavy atom. The Morgan fingerprint density at radius 2 is 1.93 bits per heavy atom. The number of benzene rings is 1. The van der Waals surface area contributed by atoms with E-state index in [1.807, 2.05) is 18.2 Å². The third-order valence-corrected chi connectivity index (χ3v) is 2.21. The minimum atomic E-state index is -0.765. The molecule has 0 fully saturated rings. The predicted molar refractivity (Wildman–Crippen MR) is 57.1 cm³/mol. The zero-order valence-corrected chi connectivity index (χ0v) is 8.92. The quantitative estimate of drug-likeness (QED) is 0.758. The Morgan fingerprint density at radius 3 is 2.47 bits per heavy atom. The average Bonchev–Trinajstić information content (AvgIpc) is 2.62. The van der Waals surface area contributed by atoms with Crippen LogP contribution < -0.4 is 0 Å². The number of rotatable bonds is 2. The highest BCUT2D eigenvalue weighted by Crippen LogP contribution is 2.28. The predicted octanol–water partition coefficient (Wildman–Crippen LogP) is 3.37. The number of hydrogen-bond donors (Lipinski definition) is 0. The van der Waals surface area contributed by atoms with Crippen molar-refractivity contribution in [3.63, 3.8) is 0 Å². The molecule has 3 nitrogen and oxygen atoms in total. The van der Waals surface area contributed by atoms with Crippen molar-refractivity contribution in [3.05, 3.63) is 41.4 Å². The average molecular weight is 242 g/mol. The van der Waals surface area contributed by atoms with E-state index in [9.17, 15) is 4.79 Å². The lowest BCUT2D eigenvalue weighted by Gasteiger charge is -1.94. The van der Waals surface area contributed by atoms with Gasteiger partial charge in [-0.1, -0.05) is 41.9 Å². The Bertz CT molecular complexity index is 493. The number of carbonyl (C=O) groups excluding carboxylic acids is 1. The first-order chi connectivity index (χ1) is 7.18. The van der Waals surface area contributed by atoms with Crippen molar-refractivity contribution < 1.29 is 9.21 Å². The molecule has 5 heteroatoms. The Balaban J connectivity index is 2.50. The molecule has 2 rings (SSSR count). The van der Waals surface area contributed by atoms with E-state index in [1.165, 1.54) is 0 Å². The zero-order chi connectivity index (χ0) is 10.8. The summed E-state index contributed by atoms with van der Waals surface area (Å²) in [6.07, 6.45) is 0. The summed E-state index contributed by atoms with van der Waals surface area (Å²) in [6.45, 7) is 0. The van der Waals surface area contributed by atoms with Gasteiger partial charge < -0.3 is 4.42 Å². The summed E-state index contributed by atoms with van der Waals surface area (Å²) in [4.78, 5) is 14.5. The largest absolute Gasteiger partial charge is 0.431 e. The SMILES string of the molecule is O=C(Cl)c1nc(Cl)c(-c2ccccc2)o1. The van der Waals surface area contributed by atoms with Crippen molar-refractivity contribution >= 4 is 28.4 Å². The second-order valence-electron chi connectivity index (χ2n) is 2.78. The van der Waals surface area contributed by atoms with Crippen LogP contribution >= 0.6 is 23.2 Å². The van der Waals surface area contributed by atoms with E-state index in [4.69, 9.17) is 27.6 Å². The van der Waals surface area contributed by atoms with E-state index in [1.54, 1.807) is 12.1 Å². The number of aromatic nitrogens is 1. The lowest BCUT2D eigenvalue weighted by atomic mass is 10.2. The molecule has 0 spiro atoms. The monoisotopic (exact) mass is 241 g/mol. The molecule has 0 saturated carbocycles. The van der Waals surface area contributed by atoms with Gasteiger partial charge in [0, 0.05) is 5.56 Å². The fraction of sp³-hybridized carbons (Fsp3) is 0. The third-order valence-electron chi connectivity index (χ3n) is 1.79. The van der Waals surface area contributed by atoms with Crippen molar-refractivity contribution in [1.29, 1.82) is 0 Å². The van der Waals surface area contributed by atoms with Gasteiger partial charge in [-0.15, -0.1) is 0 Å². The molecule has 0 saturated heterocycles. The van der Waals surface area contributed by atoms with E-state index in [0.717, 1.165) is 5.56 Å². The maximum atomic E-state index is 10.8. The topological polar surface area (TPSA) is 43.1 Å². The molecule has 76 valence electrons. The molecule has 0 atom stereocenters. The van der Waals surface area contributed by atoms with Gasteiger partial charge in [-0.3, -0.25) is 4.79 Å². The summed E-state index contributed by atoms with van der Waals surface area (Å²) in [6, 6.07) is 9.12. The smallest absolute Gasteiger partial charge is 0.307 e. The maximum Gasteiger partial charge on any atom is 0.307 e. The van der Waals surface area contributed by atoms with Crippen LogP contribution in [0.3, 0.4) is 0 Å². The molecule has 0 aliphatic rings. The van der Waals surface area contributed by atoms with Crippen LogP contribution in [0.2, 0.25) is 5.15 Å². The normalized spacial score (nSPS) is 10.3. The van der Waals surface area contributed by atoms with Crippen molar-refractivity contribution in [3.8, 4) is 11.3 Å². The van der Waals surface area contributed by atoms with Gasteiger partial charge in [0.15, 0.2) is 10.9 Å². The van der Waals surface area contributed by atoms with Crippen molar-refractivity contribution in [2.24, 2.45) is 0 Å². The molecular weight excluding hydrogens is 237 g/mol. The first-order valence-electron chi connectivity index (χ1n) is 4.10. The van der Waals surface area contributed by atoms with E-state index in [2.05, 4.69) is 4.98 Å². The molecule has 0 bridgehead atoms. The summed E-state index contributed by atoms with van der Waals surface area (Å²) < 4.78 is 5.14. The van der Waals surface area contributed by atoms with Crippen LogP contribution in [0.25, 0.3) is 11.3 Å². The van der Waals surface area contributed by atoms with Crippen molar-refractivity contribution in [1.82, 2.24) is 4.98 Å². The second kappa shape index (κ2) is 4.04. The molecule has 0 aliphatic carbocycles. The van der Waals surface area contributed by atoms with Crippen LogP contribution in [0, 0.1) is 0 Å². The van der Waals surface area contributed by atoms with Crippen molar-refractivity contribution in [2.45, 2.75) is 0 Å². The molecule has 2 aromatic rings. The molecule has 0 amide bonds. The zero-order valence-electron chi connectivity index (χ0n) is 7.41. The molecule has 1 heterocycles. The van der Waals surface area contributed by atoms with E-state index in [-0.39, 0.29) is 11.0 Å². The summed E-state index contributed by atoms with van der Waals surface area (Å²) in [5.41, 5.74) is 0.749. The molecule has 0 unspecified atom stereocenters. The number of halogens is 2. The van der Waals surface area contributed by atoms with Gasteiger partial charge in [-0.25, -0.2) is 0 Å². The standard InChI is InChI=1S/C10H5Cl2NO2/c11-8-7(6-4-2-1-3-5-6)15-10(13-8)9(12)14/h1-5H. The molecule has 0 aliphatic heterocycles. The fourth-order valence-corrected chi connectivity index (χ4v) is 1.46.